The summed E-state index contributed by atoms with van der Waals surface area (Å²) < 4.78 is 1.74. The van der Waals surface area contributed by atoms with E-state index in [9.17, 15) is 0 Å². The van der Waals surface area contributed by atoms with Gasteiger partial charge in [0.2, 0.25) is 0 Å². The highest BCUT2D eigenvalue weighted by Crippen LogP contribution is 2.34. The van der Waals surface area contributed by atoms with Crippen LogP contribution in [0.15, 0.2) is 6.20 Å². The minimum absolute atomic E-state index is 0.258. The summed E-state index contributed by atoms with van der Waals surface area (Å²) >= 11 is 0. The van der Waals surface area contributed by atoms with E-state index in [0.717, 1.165) is 18.0 Å². The van der Waals surface area contributed by atoms with Crippen LogP contribution in [0, 0.1) is 11.8 Å². The number of hydrogen-bond donors (Lipinski definition) is 1. The first kappa shape index (κ1) is 11.6. The first-order chi connectivity index (χ1) is 7.69. The molecule has 0 bridgehead atoms. The zero-order valence-corrected chi connectivity index (χ0v) is 10.3. The Hall–Kier alpha value is -0.900. The molecule has 0 amide bonds. The molecule has 1 heterocycles. The second kappa shape index (κ2) is 4.95. The van der Waals surface area contributed by atoms with Crippen molar-refractivity contribution in [2.24, 2.45) is 24.6 Å². The van der Waals surface area contributed by atoms with Crippen molar-refractivity contribution in [3.8, 4) is 0 Å². The average molecular weight is 222 g/mol. The molecule has 1 aliphatic carbocycles. The normalized spacial score (nSPS) is 27.2. The molecule has 16 heavy (non-hydrogen) atoms. The Morgan fingerprint density at radius 3 is 2.94 bits per heavy atom. The zero-order valence-electron chi connectivity index (χ0n) is 10.3. The molecule has 1 saturated carbocycles. The molecule has 90 valence electrons. The Balaban J connectivity index is 1.86. The van der Waals surface area contributed by atoms with Crippen LogP contribution in [0.1, 0.15) is 38.3 Å². The summed E-state index contributed by atoms with van der Waals surface area (Å²) in [5, 5.41) is 8.04. The van der Waals surface area contributed by atoms with Gasteiger partial charge < -0.3 is 5.73 Å². The Morgan fingerprint density at radius 2 is 2.38 bits per heavy atom. The van der Waals surface area contributed by atoms with Crippen LogP contribution in [0.2, 0.25) is 0 Å². The molecule has 4 heteroatoms. The molecule has 0 radical (unpaired) electrons. The van der Waals surface area contributed by atoms with Gasteiger partial charge in [-0.2, -0.15) is 0 Å². The van der Waals surface area contributed by atoms with E-state index < -0.39 is 0 Å². The number of rotatable bonds is 4. The molecular formula is C12H22N4. The molecule has 0 saturated heterocycles. The van der Waals surface area contributed by atoms with Crippen LogP contribution in [0.25, 0.3) is 0 Å². The number of hydrogen-bond acceptors (Lipinski definition) is 3. The second-order valence-electron chi connectivity index (χ2n) is 5.10. The molecule has 2 rings (SSSR count). The Kier molecular flexibility index (Phi) is 3.59. The van der Waals surface area contributed by atoms with Crippen LogP contribution in [0.3, 0.4) is 0 Å². The third-order valence-corrected chi connectivity index (χ3v) is 3.86. The molecule has 4 nitrogen and oxygen atoms in total. The SMILES string of the molecule is CCC1CCC(C(N)Cc2cn(C)nn2)C1. The van der Waals surface area contributed by atoms with E-state index in [-0.39, 0.29) is 6.04 Å². The first-order valence-electron chi connectivity index (χ1n) is 6.29. The third-order valence-electron chi connectivity index (χ3n) is 3.86. The molecule has 0 aromatic carbocycles. The van der Waals surface area contributed by atoms with Gasteiger partial charge in [0.15, 0.2) is 0 Å². The molecule has 1 aromatic heterocycles. The average Bonchev–Trinajstić information content (AvgIpc) is 2.87. The molecule has 3 unspecified atom stereocenters. The van der Waals surface area contributed by atoms with Crippen molar-refractivity contribution in [1.82, 2.24) is 15.0 Å². The van der Waals surface area contributed by atoms with Crippen LogP contribution < -0.4 is 5.73 Å². The van der Waals surface area contributed by atoms with Gasteiger partial charge in [-0.15, -0.1) is 5.10 Å². The summed E-state index contributed by atoms with van der Waals surface area (Å²) in [5.41, 5.74) is 7.28. The van der Waals surface area contributed by atoms with E-state index in [2.05, 4.69) is 17.2 Å². The molecule has 1 fully saturated rings. The maximum Gasteiger partial charge on any atom is 0.0842 e. The van der Waals surface area contributed by atoms with Crippen LogP contribution in [0.5, 0.6) is 0 Å². The van der Waals surface area contributed by atoms with Gasteiger partial charge in [0.25, 0.3) is 0 Å². The molecule has 0 aliphatic heterocycles. The zero-order chi connectivity index (χ0) is 11.5. The summed E-state index contributed by atoms with van der Waals surface area (Å²) in [6.45, 7) is 2.28. The summed E-state index contributed by atoms with van der Waals surface area (Å²) in [5.74, 6) is 1.59. The summed E-state index contributed by atoms with van der Waals surface area (Å²) in [6, 6.07) is 0.258. The lowest BCUT2D eigenvalue weighted by Gasteiger charge is -2.18. The fourth-order valence-electron chi connectivity index (χ4n) is 2.77. The van der Waals surface area contributed by atoms with E-state index in [1.807, 2.05) is 13.2 Å². The van der Waals surface area contributed by atoms with E-state index in [0.29, 0.717) is 5.92 Å². The van der Waals surface area contributed by atoms with Gasteiger partial charge in [-0.05, 0) is 24.7 Å². The van der Waals surface area contributed by atoms with Gasteiger partial charge in [0.05, 0.1) is 5.69 Å². The van der Waals surface area contributed by atoms with Crippen LogP contribution in [-0.2, 0) is 13.5 Å². The van der Waals surface area contributed by atoms with Gasteiger partial charge >= 0.3 is 0 Å². The highest BCUT2D eigenvalue weighted by Gasteiger charge is 2.28. The lowest BCUT2D eigenvalue weighted by Crippen LogP contribution is -2.31. The van der Waals surface area contributed by atoms with Gasteiger partial charge in [-0.1, -0.05) is 25.0 Å². The standard InChI is InChI=1S/C12H22N4/c1-3-9-4-5-10(6-9)12(13)7-11-8-16(2)15-14-11/h8-10,12H,3-7,13H2,1-2H3. The maximum atomic E-state index is 6.26. The molecule has 2 N–H and O–H groups in total. The van der Waals surface area contributed by atoms with E-state index in [1.165, 1.54) is 25.7 Å². The molecule has 3 atom stereocenters. The highest BCUT2D eigenvalue weighted by atomic mass is 15.4. The molecule has 0 spiro atoms. The fourth-order valence-corrected chi connectivity index (χ4v) is 2.77. The van der Waals surface area contributed by atoms with Gasteiger partial charge in [-0.3, -0.25) is 4.68 Å². The third kappa shape index (κ3) is 2.61. The second-order valence-corrected chi connectivity index (χ2v) is 5.10. The minimum Gasteiger partial charge on any atom is -0.327 e. The van der Waals surface area contributed by atoms with E-state index >= 15 is 0 Å². The van der Waals surface area contributed by atoms with E-state index in [4.69, 9.17) is 5.73 Å². The molecular weight excluding hydrogens is 200 g/mol. The van der Waals surface area contributed by atoms with Gasteiger partial charge in [0, 0.05) is 25.7 Å². The van der Waals surface area contributed by atoms with Gasteiger partial charge in [-0.25, -0.2) is 0 Å². The first-order valence-corrected chi connectivity index (χ1v) is 6.29. The summed E-state index contributed by atoms with van der Waals surface area (Å²) in [4.78, 5) is 0. The van der Waals surface area contributed by atoms with E-state index in [1.54, 1.807) is 4.68 Å². The van der Waals surface area contributed by atoms with Gasteiger partial charge in [0.1, 0.15) is 0 Å². The predicted molar refractivity (Wildman–Crippen MR) is 63.8 cm³/mol. The van der Waals surface area contributed by atoms with Crippen molar-refractivity contribution in [2.45, 2.75) is 45.1 Å². The molecule has 1 aliphatic rings. The summed E-state index contributed by atoms with van der Waals surface area (Å²) in [7, 11) is 1.89. The number of aryl methyl sites for hydroxylation is 1. The van der Waals surface area contributed by atoms with Crippen molar-refractivity contribution in [3.63, 3.8) is 0 Å². The molecule has 1 aromatic rings. The highest BCUT2D eigenvalue weighted by molar-refractivity contribution is 4.97. The Bertz CT molecular complexity index is 334. The van der Waals surface area contributed by atoms with Crippen LogP contribution in [0.4, 0.5) is 0 Å². The quantitative estimate of drug-likeness (QED) is 0.840. The van der Waals surface area contributed by atoms with Crippen molar-refractivity contribution < 1.29 is 0 Å². The van der Waals surface area contributed by atoms with Crippen molar-refractivity contribution in [3.05, 3.63) is 11.9 Å². The lowest BCUT2D eigenvalue weighted by atomic mass is 9.93. The van der Waals surface area contributed by atoms with Crippen molar-refractivity contribution >= 4 is 0 Å². The topological polar surface area (TPSA) is 56.7 Å². The Labute approximate surface area is 97.2 Å². The maximum absolute atomic E-state index is 6.26. The van der Waals surface area contributed by atoms with Crippen LogP contribution in [-0.4, -0.2) is 21.0 Å². The lowest BCUT2D eigenvalue weighted by molar-refractivity contribution is 0.403. The monoisotopic (exact) mass is 222 g/mol. The largest absolute Gasteiger partial charge is 0.327 e. The summed E-state index contributed by atoms with van der Waals surface area (Å²) in [6.07, 6.45) is 8.09. The minimum atomic E-state index is 0.258. The number of aromatic nitrogens is 3. The van der Waals surface area contributed by atoms with Crippen molar-refractivity contribution in [2.75, 3.05) is 0 Å². The number of nitrogens with two attached hydrogens (primary N) is 1. The smallest absolute Gasteiger partial charge is 0.0842 e. The predicted octanol–water partition coefficient (Wildman–Crippen LogP) is 1.51. The van der Waals surface area contributed by atoms with Crippen molar-refractivity contribution in [1.29, 1.82) is 0 Å². The Morgan fingerprint density at radius 1 is 1.56 bits per heavy atom. The number of nitrogens with zero attached hydrogens (tertiary/aromatic N) is 3. The van der Waals surface area contributed by atoms with Crippen LogP contribution >= 0.6 is 0 Å². The fraction of sp³-hybridized carbons (Fsp3) is 0.833.